The maximum absolute atomic E-state index is 8.90. The lowest BCUT2D eigenvalue weighted by Gasteiger charge is -2.20. The van der Waals surface area contributed by atoms with Crippen molar-refractivity contribution in [3.05, 3.63) is 45.1 Å². The summed E-state index contributed by atoms with van der Waals surface area (Å²) in [6.45, 7) is 0.719. The van der Waals surface area contributed by atoms with E-state index >= 15 is 0 Å². The minimum Gasteiger partial charge on any atom is -0.397 e. The Hall–Kier alpha value is -1.70. The van der Waals surface area contributed by atoms with E-state index < -0.39 is 0 Å². The van der Waals surface area contributed by atoms with Gasteiger partial charge in [0.1, 0.15) is 0 Å². The molecule has 18 heavy (non-hydrogen) atoms. The number of thiophene rings is 1. The quantitative estimate of drug-likeness (QED) is 0.874. The summed E-state index contributed by atoms with van der Waals surface area (Å²) in [6, 6.07) is 11.3. The first-order chi connectivity index (χ1) is 8.60. The molecule has 0 amide bonds. The number of halogens is 1. The highest BCUT2D eigenvalue weighted by atomic mass is 35.5. The van der Waals surface area contributed by atoms with Crippen LogP contribution in [0.2, 0.25) is 4.34 Å². The molecule has 0 aliphatic rings. The molecule has 0 fully saturated rings. The lowest BCUT2D eigenvalue weighted by atomic mass is 10.1. The van der Waals surface area contributed by atoms with Crippen molar-refractivity contribution in [2.45, 2.75) is 6.54 Å². The van der Waals surface area contributed by atoms with Crippen molar-refractivity contribution < 1.29 is 0 Å². The molecule has 0 unspecified atom stereocenters. The average Bonchev–Trinajstić information content (AvgIpc) is 2.75. The van der Waals surface area contributed by atoms with Crippen molar-refractivity contribution in [1.82, 2.24) is 0 Å². The van der Waals surface area contributed by atoms with Gasteiger partial charge in [-0.25, -0.2) is 0 Å². The van der Waals surface area contributed by atoms with Crippen molar-refractivity contribution in [3.8, 4) is 6.07 Å². The summed E-state index contributed by atoms with van der Waals surface area (Å²) < 4.78 is 0.775. The maximum atomic E-state index is 8.90. The standard InChI is InChI=1S/C13H12ClN3S/c1-17(8-10-3-5-13(14)18-10)12-6-9(7-15)2-4-11(12)16/h2-6H,8,16H2,1H3. The third kappa shape index (κ3) is 2.76. The van der Waals surface area contributed by atoms with Crippen molar-refractivity contribution >= 4 is 34.3 Å². The van der Waals surface area contributed by atoms with E-state index in [1.807, 2.05) is 24.1 Å². The second kappa shape index (κ2) is 5.30. The largest absolute Gasteiger partial charge is 0.397 e. The molecule has 5 heteroatoms. The Morgan fingerprint density at radius 2 is 2.17 bits per heavy atom. The third-order valence-corrected chi connectivity index (χ3v) is 3.81. The molecule has 1 aromatic carbocycles. The van der Waals surface area contributed by atoms with Crippen LogP contribution in [-0.4, -0.2) is 7.05 Å². The van der Waals surface area contributed by atoms with Gasteiger partial charge < -0.3 is 10.6 Å². The van der Waals surface area contributed by atoms with E-state index in [1.54, 1.807) is 29.5 Å². The molecule has 0 atom stereocenters. The van der Waals surface area contributed by atoms with Gasteiger partial charge in [0.2, 0.25) is 0 Å². The van der Waals surface area contributed by atoms with Crippen LogP contribution in [0.4, 0.5) is 11.4 Å². The van der Waals surface area contributed by atoms with E-state index in [0.717, 1.165) is 21.4 Å². The van der Waals surface area contributed by atoms with Gasteiger partial charge in [-0.05, 0) is 30.3 Å². The molecule has 3 nitrogen and oxygen atoms in total. The highest BCUT2D eigenvalue weighted by Crippen LogP contribution is 2.28. The molecular weight excluding hydrogens is 266 g/mol. The molecule has 2 N–H and O–H groups in total. The number of benzene rings is 1. The molecule has 0 saturated heterocycles. The zero-order chi connectivity index (χ0) is 13.1. The van der Waals surface area contributed by atoms with Crippen LogP contribution in [0.25, 0.3) is 0 Å². The summed E-state index contributed by atoms with van der Waals surface area (Å²) in [7, 11) is 1.94. The van der Waals surface area contributed by atoms with Crippen LogP contribution < -0.4 is 10.6 Å². The highest BCUT2D eigenvalue weighted by molar-refractivity contribution is 7.16. The summed E-state index contributed by atoms with van der Waals surface area (Å²) in [5.74, 6) is 0. The van der Waals surface area contributed by atoms with E-state index in [2.05, 4.69) is 6.07 Å². The fourth-order valence-electron chi connectivity index (χ4n) is 1.70. The second-order valence-corrected chi connectivity index (χ2v) is 5.75. The minimum absolute atomic E-state index is 0.607. The summed E-state index contributed by atoms with van der Waals surface area (Å²) in [4.78, 5) is 3.17. The normalized spacial score (nSPS) is 10.1. The molecule has 2 rings (SSSR count). The van der Waals surface area contributed by atoms with Crippen molar-refractivity contribution in [2.24, 2.45) is 0 Å². The van der Waals surface area contributed by atoms with Crippen LogP contribution in [0.3, 0.4) is 0 Å². The molecular formula is C13H12ClN3S. The van der Waals surface area contributed by atoms with Crippen LogP contribution in [0, 0.1) is 11.3 Å². The van der Waals surface area contributed by atoms with Gasteiger partial charge in [0.05, 0.1) is 33.9 Å². The molecule has 1 heterocycles. The Bertz CT molecular complexity index is 601. The monoisotopic (exact) mass is 277 g/mol. The van der Waals surface area contributed by atoms with Gasteiger partial charge in [-0.2, -0.15) is 5.26 Å². The van der Waals surface area contributed by atoms with Gasteiger partial charge in [0.25, 0.3) is 0 Å². The first kappa shape index (κ1) is 12.7. The van der Waals surface area contributed by atoms with Gasteiger partial charge in [-0.15, -0.1) is 11.3 Å². The van der Waals surface area contributed by atoms with E-state index in [4.69, 9.17) is 22.6 Å². The molecule has 0 bridgehead atoms. The first-order valence-corrected chi connectivity index (χ1v) is 6.54. The van der Waals surface area contributed by atoms with Crippen LogP contribution >= 0.6 is 22.9 Å². The molecule has 1 aromatic heterocycles. The minimum atomic E-state index is 0.607. The molecule has 0 radical (unpaired) electrons. The maximum Gasteiger partial charge on any atom is 0.0992 e. The van der Waals surface area contributed by atoms with E-state index in [9.17, 15) is 0 Å². The van der Waals surface area contributed by atoms with E-state index in [0.29, 0.717) is 11.3 Å². The average molecular weight is 278 g/mol. The highest BCUT2D eigenvalue weighted by Gasteiger charge is 2.08. The fraction of sp³-hybridized carbons (Fsp3) is 0.154. The first-order valence-electron chi connectivity index (χ1n) is 5.35. The smallest absolute Gasteiger partial charge is 0.0992 e. The molecule has 0 spiro atoms. The topological polar surface area (TPSA) is 53.0 Å². The number of nitrogens with two attached hydrogens (primary N) is 1. The summed E-state index contributed by atoms with van der Waals surface area (Å²) in [5, 5.41) is 8.90. The predicted octanol–water partition coefficient (Wildman–Crippen LogP) is 3.49. The number of hydrogen-bond donors (Lipinski definition) is 1. The number of nitrogen functional groups attached to an aromatic ring is 1. The lowest BCUT2D eigenvalue weighted by molar-refractivity contribution is 0.942. The second-order valence-electron chi connectivity index (χ2n) is 3.95. The molecule has 0 aliphatic heterocycles. The SMILES string of the molecule is CN(Cc1ccc(Cl)s1)c1cc(C#N)ccc1N. The van der Waals surface area contributed by atoms with Crippen molar-refractivity contribution in [2.75, 3.05) is 17.7 Å². The number of anilines is 2. The van der Waals surface area contributed by atoms with Crippen LogP contribution in [0.15, 0.2) is 30.3 Å². The summed E-state index contributed by atoms with van der Waals surface area (Å²) in [5.41, 5.74) is 8.06. The zero-order valence-corrected chi connectivity index (χ0v) is 11.4. The Kier molecular flexibility index (Phi) is 3.75. The van der Waals surface area contributed by atoms with Crippen molar-refractivity contribution in [3.63, 3.8) is 0 Å². The van der Waals surface area contributed by atoms with Crippen molar-refractivity contribution in [1.29, 1.82) is 5.26 Å². The Labute approximate surface area is 115 Å². The predicted molar refractivity (Wildman–Crippen MR) is 77.0 cm³/mol. The summed E-state index contributed by atoms with van der Waals surface area (Å²) in [6.07, 6.45) is 0. The van der Waals surface area contributed by atoms with Gasteiger partial charge in [-0.1, -0.05) is 11.6 Å². The fourth-order valence-corrected chi connectivity index (χ4v) is 2.84. The Balaban J connectivity index is 2.23. The number of nitrogens with zero attached hydrogens (tertiary/aromatic N) is 2. The number of hydrogen-bond acceptors (Lipinski definition) is 4. The Morgan fingerprint density at radius 3 is 2.78 bits per heavy atom. The molecule has 92 valence electrons. The molecule has 2 aromatic rings. The molecule has 0 saturated carbocycles. The lowest BCUT2D eigenvalue weighted by Crippen LogP contribution is -2.17. The van der Waals surface area contributed by atoms with E-state index in [-0.39, 0.29) is 0 Å². The molecule has 0 aliphatic carbocycles. The van der Waals surface area contributed by atoms with Gasteiger partial charge >= 0.3 is 0 Å². The Morgan fingerprint density at radius 1 is 1.39 bits per heavy atom. The number of nitriles is 1. The summed E-state index contributed by atoms with van der Waals surface area (Å²) >= 11 is 7.45. The van der Waals surface area contributed by atoms with E-state index in [1.165, 1.54) is 0 Å². The van der Waals surface area contributed by atoms with Gasteiger partial charge in [0, 0.05) is 11.9 Å². The van der Waals surface area contributed by atoms with Gasteiger partial charge in [0.15, 0.2) is 0 Å². The van der Waals surface area contributed by atoms with Crippen LogP contribution in [0.5, 0.6) is 0 Å². The zero-order valence-electron chi connectivity index (χ0n) is 9.85. The van der Waals surface area contributed by atoms with Gasteiger partial charge in [-0.3, -0.25) is 0 Å². The van der Waals surface area contributed by atoms with Crippen LogP contribution in [0.1, 0.15) is 10.4 Å². The third-order valence-electron chi connectivity index (χ3n) is 2.59. The number of rotatable bonds is 3. The van der Waals surface area contributed by atoms with Crippen LogP contribution in [-0.2, 0) is 6.54 Å².